The van der Waals surface area contributed by atoms with Crippen LogP contribution in [0, 0.1) is 5.92 Å². The van der Waals surface area contributed by atoms with E-state index >= 15 is 0 Å². The van der Waals surface area contributed by atoms with Crippen LogP contribution in [-0.4, -0.2) is 40.6 Å². The molecular formula is C23H29N5O3. The molecule has 4 rings (SSSR count). The van der Waals surface area contributed by atoms with Gasteiger partial charge in [-0.2, -0.15) is 9.61 Å². The maximum atomic E-state index is 12.9. The minimum absolute atomic E-state index is 0.0501. The summed E-state index contributed by atoms with van der Waals surface area (Å²) in [4.78, 5) is 17.6. The number of hydrogen-bond acceptors (Lipinski definition) is 7. The third kappa shape index (κ3) is 4.34. The van der Waals surface area contributed by atoms with E-state index in [1.54, 1.807) is 17.8 Å². The van der Waals surface area contributed by atoms with Crippen molar-refractivity contribution in [3.8, 4) is 5.75 Å². The van der Waals surface area contributed by atoms with Crippen LogP contribution in [0.2, 0.25) is 0 Å². The molecule has 2 aromatic heterocycles. The van der Waals surface area contributed by atoms with Gasteiger partial charge in [0.05, 0.1) is 37.3 Å². The van der Waals surface area contributed by atoms with Gasteiger partial charge in [0.1, 0.15) is 17.4 Å². The smallest absolute Gasteiger partial charge is 0.170 e. The average molecular weight is 424 g/mol. The van der Waals surface area contributed by atoms with Gasteiger partial charge in [-0.3, -0.25) is 4.79 Å². The number of anilines is 3. The van der Waals surface area contributed by atoms with Gasteiger partial charge >= 0.3 is 0 Å². The van der Waals surface area contributed by atoms with E-state index in [1.807, 2.05) is 31.3 Å². The molecule has 164 valence electrons. The van der Waals surface area contributed by atoms with E-state index in [9.17, 15) is 4.79 Å². The largest absolute Gasteiger partial charge is 0.495 e. The first-order valence-corrected chi connectivity index (χ1v) is 10.7. The summed E-state index contributed by atoms with van der Waals surface area (Å²) in [5.74, 6) is 2.42. The van der Waals surface area contributed by atoms with Crippen LogP contribution < -0.4 is 15.4 Å². The highest BCUT2D eigenvalue weighted by Gasteiger charge is 2.20. The van der Waals surface area contributed by atoms with E-state index in [4.69, 9.17) is 14.5 Å². The molecule has 0 radical (unpaired) electrons. The van der Waals surface area contributed by atoms with Gasteiger partial charge in [-0.25, -0.2) is 4.98 Å². The average Bonchev–Trinajstić information content (AvgIpc) is 3.20. The second-order valence-corrected chi connectivity index (χ2v) is 8.04. The van der Waals surface area contributed by atoms with Gasteiger partial charge in [-0.1, -0.05) is 13.0 Å². The fourth-order valence-electron chi connectivity index (χ4n) is 3.83. The van der Waals surface area contributed by atoms with Crippen LogP contribution in [0.15, 0.2) is 30.5 Å². The number of fused-ring (bicyclic) bond motifs is 3. The predicted octanol–water partition coefficient (Wildman–Crippen LogP) is 4.43. The minimum Gasteiger partial charge on any atom is -0.495 e. The number of ether oxygens (including phenoxy) is 2. The van der Waals surface area contributed by atoms with E-state index in [0.717, 1.165) is 29.9 Å². The number of nitrogens with zero attached hydrogens (tertiary/aromatic N) is 3. The topological polar surface area (TPSA) is 89.8 Å². The Morgan fingerprint density at radius 3 is 2.90 bits per heavy atom. The molecule has 2 atom stereocenters. The molecule has 1 unspecified atom stereocenters. The molecule has 0 saturated carbocycles. The van der Waals surface area contributed by atoms with Crippen molar-refractivity contribution in [1.82, 2.24) is 14.6 Å². The Kier molecular flexibility index (Phi) is 6.08. The zero-order valence-electron chi connectivity index (χ0n) is 18.4. The van der Waals surface area contributed by atoms with Gasteiger partial charge in [-0.05, 0) is 43.4 Å². The van der Waals surface area contributed by atoms with Gasteiger partial charge in [0, 0.05) is 19.5 Å². The van der Waals surface area contributed by atoms with Crippen LogP contribution in [0.4, 0.5) is 17.3 Å². The highest BCUT2D eigenvalue weighted by molar-refractivity contribution is 6.01. The Morgan fingerprint density at radius 2 is 2.13 bits per heavy atom. The first kappa shape index (κ1) is 21.1. The molecule has 1 aromatic carbocycles. The van der Waals surface area contributed by atoms with Crippen LogP contribution in [0.25, 0.3) is 5.65 Å². The maximum Gasteiger partial charge on any atom is 0.170 e. The third-order valence-corrected chi connectivity index (χ3v) is 5.93. The molecule has 2 N–H and O–H groups in total. The van der Waals surface area contributed by atoms with E-state index < -0.39 is 0 Å². The summed E-state index contributed by atoms with van der Waals surface area (Å²) in [7, 11) is 3.45. The molecule has 4 bridgehead atoms. The summed E-state index contributed by atoms with van der Waals surface area (Å²) < 4.78 is 13.3. The fourth-order valence-corrected chi connectivity index (χ4v) is 3.83. The van der Waals surface area contributed by atoms with Crippen molar-refractivity contribution in [3.05, 3.63) is 41.6 Å². The molecule has 31 heavy (non-hydrogen) atoms. The van der Waals surface area contributed by atoms with Crippen LogP contribution in [0.5, 0.6) is 5.75 Å². The molecule has 0 fully saturated rings. The fraction of sp³-hybridized carbons (Fsp3) is 0.435. The predicted molar refractivity (Wildman–Crippen MR) is 120 cm³/mol. The standard InChI is InChI=1S/C23H29N5O3/c1-14-6-5-7-19(29)17-12-25-28-22(24-3)11-21(27-23(17)28)26-18-10-16(13-31-15(14)2)8-9-20(18)30-4/h8-12,14-15,24H,5-7,13H2,1-4H3,(H,26,27)/t14-,15?/m0/s1. The highest BCUT2D eigenvalue weighted by Crippen LogP contribution is 2.31. The normalized spacial score (nSPS) is 19.9. The molecular weight excluding hydrogens is 394 g/mol. The molecule has 0 aliphatic carbocycles. The van der Waals surface area contributed by atoms with Gasteiger partial charge in [-0.15, -0.1) is 0 Å². The van der Waals surface area contributed by atoms with Crippen molar-refractivity contribution >= 4 is 28.8 Å². The van der Waals surface area contributed by atoms with Gasteiger partial charge in [0.15, 0.2) is 11.4 Å². The molecule has 0 amide bonds. The number of carbonyl (C=O) groups excluding carboxylic acids is 1. The van der Waals surface area contributed by atoms with E-state index in [2.05, 4.69) is 29.6 Å². The lowest BCUT2D eigenvalue weighted by Gasteiger charge is -2.21. The highest BCUT2D eigenvalue weighted by atomic mass is 16.5. The van der Waals surface area contributed by atoms with Crippen LogP contribution in [0.1, 0.15) is 49.0 Å². The molecule has 1 aliphatic heterocycles. The Morgan fingerprint density at radius 1 is 1.29 bits per heavy atom. The number of rotatable bonds is 2. The lowest BCUT2D eigenvalue weighted by Crippen LogP contribution is -2.18. The van der Waals surface area contributed by atoms with Crippen molar-refractivity contribution in [3.63, 3.8) is 0 Å². The number of carbonyl (C=O) groups is 1. The van der Waals surface area contributed by atoms with Crippen molar-refractivity contribution in [2.45, 2.75) is 45.8 Å². The number of aromatic nitrogens is 3. The van der Waals surface area contributed by atoms with Crippen molar-refractivity contribution in [2.75, 3.05) is 24.8 Å². The number of Topliss-reactive ketones (excluding diaryl/α,β-unsaturated/α-hetero) is 1. The van der Waals surface area contributed by atoms with Gasteiger partial charge < -0.3 is 20.1 Å². The molecule has 3 aromatic rings. The summed E-state index contributed by atoms with van der Waals surface area (Å²) >= 11 is 0. The quantitative estimate of drug-likeness (QED) is 0.630. The summed E-state index contributed by atoms with van der Waals surface area (Å²) in [5.41, 5.74) is 2.89. The van der Waals surface area contributed by atoms with Crippen LogP contribution in [0.3, 0.4) is 0 Å². The first-order valence-electron chi connectivity index (χ1n) is 10.7. The number of methoxy groups -OCH3 is 1. The number of benzene rings is 1. The molecule has 0 spiro atoms. The number of hydrogen-bond donors (Lipinski definition) is 2. The third-order valence-electron chi connectivity index (χ3n) is 5.93. The monoisotopic (exact) mass is 423 g/mol. The second-order valence-electron chi connectivity index (χ2n) is 8.04. The van der Waals surface area contributed by atoms with Crippen LogP contribution in [-0.2, 0) is 11.3 Å². The Labute approximate surface area is 182 Å². The Balaban J connectivity index is 1.81. The summed E-state index contributed by atoms with van der Waals surface area (Å²) in [5, 5.41) is 10.9. The van der Waals surface area contributed by atoms with Crippen molar-refractivity contribution < 1.29 is 14.3 Å². The summed E-state index contributed by atoms with van der Waals surface area (Å²) in [6.45, 7) is 4.76. The van der Waals surface area contributed by atoms with Crippen LogP contribution >= 0.6 is 0 Å². The number of ketones is 1. The molecule has 1 aliphatic rings. The second kappa shape index (κ2) is 8.93. The zero-order chi connectivity index (χ0) is 22.0. The lowest BCUT2D eigenvalue weighted by molar-refractivity contribution is 0.0155. The SMILES string of the molecule is CNc1cc2nc3c(cnn13)C(=O)CCC[C@H](C)C(C)OCc1ccc(OC)c(c1)N2. The summed E-state index contributed by atoms with van der Waals surface area (Å²) in [6.07, 6.45) is 3.88. The minimum atomic E-state index is 0.0501. The van der Waals surface area contributed by atoms with E-state index in [-0.39, 0.29) is 11.9 Å². The maximum absolute atomic E-state index is 12.9. The van der Waals surface area contributed by atoms with Crippen molar-refractivity contribution in [2.24, 2.45) is 5.92 Å². The molecule has 8 heteroatoms. The molecule has 8 nitrogen and oxygen atoms in total. The zero-order valence-corrected chi connectivity index (χ0v) is 18.4. The summed E-state index contributed by atoms with van der Waals surface area (Å²) in [6, 6.07) is 7.79. The van der Waals surface area contributed by atoms with E-state index in [1.165, 1.54) is 0 Å². The van der Waals surface area contributed by atoms with E-state index in [0.29, 0.717) is 41.7 Å². The first-order chi connectivity index (χ1) is 15.0. The van der Waals surface area contributed by atoms with Crippen molar-refractivity contribution in [1.29, 1.82) is 0 Å². The molecule has 0 saturated heterocycles. The number of nitrogens with one attached hydrogen (secondary N) is 2. The molecule has 3 heterocycles. The van der Waals surface area contributed by atoms with Gasteiger partial charge in [0.2, 0.25) is 0 Å². The Bertz CT molecular complexity index is 1090. The van der Waals surface area contributed by atoms with Gasteiger partial charge in [0.25, 0.3) is 0 Å². The Hall–Kier alpha value is -3.13. The lowest BCUT2D eigenvalue weighted by atomic mass is 9.97.